The van der Waals surface area contributed by atoms with Crippen LogP contribution in [0.25, 0.3) is 0 Å². The summed E-state index contributed by atoms with van der Waals surface area (Å²) < 4.78 is 0. The molecule has 0 nitrogen and oxygen atoms in total. The van der Waals surface area contributed by atoms with Crippen LogP contribution >= 0.6 is 0 Å². The highest BCUT2D eigenvalue weighted by Gasteiger charge is 2.08. The summed E-state index contributed by atoms with van der Waals surface area (Å²) in [5.74, 6) is 0.806. The summed E-state index contributed by atoms with van der Waals surface area (Å²) in [5, 5.41) is 0. The molecule has 1 aliphatic rings. The third-order valence-corrected chi connectivity index (χ3v) is 1.98. The smallest absolute Gasteiger partial charge is 0.0117 e. The van der Waals surface area contributed by atoms with E-state index >= 15 is 0 Å². The lowest BCUT2D eigenvalue weighted by Crippen LogP contribution is -1.89. The minimum Gasteiger partial charge on any atom is -0.126 e. The van der Waals surface area contributed by atoms with Gasteiger partial charge < -0.3 is 0 Å². The summed E-state index contributed by atoms with van der Waals surface area (Å²) in [5.41, 5.74) is 4.80. The van der Waals surface area contributed by atoms with E-state index in [1.165, 1.54) is 24.8 Å². The summed E-state index contributed by atoms with van der Waals surface area (Å²) in [6, 6.07) is 0. The molecule has 0 fully saturated rings. The molecule has 0 spiro atoms. The van der Waals surface area contributed by atoms with Gasteiger partial charge in [0.05, 0.1) is 0 Å². The molecule has 0 aromatic carbocycles. The zero-order valence-electron chi connectivity index (χ0n) is 6.28. The molecule has 1 atom stereocenters. The predicted molar refractivity (Wildman–Crippen MR) is 40.3 cm³/mol. The normalized spacial score (nSPS) is 24.7. The molecule has 50 valence electrons. The minimum atomic E-state index is 0.806. The second-order valence-electron chi connectivity index (χ2n) is 2.64. The molecule has 1 rings (SSSR count). The fourth-order valence-electron chi connectivity index (χ4n) is 1.18. The highest BCUT2D eigenvalue weighted by Crippen LogP contribution is 2.22. The lowest BCUT2D eigenvalue weighted by atomic mass is 10.0. The maximum atomic E-state index is 3.30. The van der Waals surface area contributed by atoms with E-state index in [9.17, 15) is 0 Å². The Morgan fingerprint density at radius 1 is 1.67 bits per heavy atom. The molecule has 0 saturated carbocycles. The van der Waals surface area contributed by atoms with Gasteiger partial charge in [0.1, 0.15) is 0 Å². The number of rotatable bonds is 2. The maximum Gasteiger partial charge on any atom is -0.0117 e. The summed E-state index contributed by atoms with van der Waals surface area (Å²) in [4.78, 5) is 0. The lowest BCUT2D eigenvalue weighted by Gasteiger charge is -2.02. The Morgan fingerprint density at radius 2 is 2.44 bits per heavy atom. The van der Waals surface area contributed by atoms with Crippen LogP contribution in [-0.2, 0) is 0 Å². The van der Waals surface area contributed by atoms with E-state index in [1.54, 1.807) is 0 Å². The average molecular weight is 122 g/mol. The first-order valence-electron chi connectivity index (χ1n) is 3.81. The topological polar surface area (TPSA) is 0 Å². The van der Waals surface area contributed by atoms with Crippen molar-refractivity contribution in [2.45, 2.75) is 33.1 Å². The minimum absolute atomic E-state index is 0.806. The van der Waals surface area contributed by atoms with Gasteiger partial charge >= 0.3 is 0 Å². The fraction of sp³-hybridized carbons (Fsp3) is 0.667. The van der Waals surface area contributed by atoms with Crippen LogP contribution in [-0.4, -0.2) is 0 Å². The molecule has 0 aromatic rings. The van der Waals surface area contributed by atoms with Crippen molar-refractivity contribution in [1.29, 1.82) is 0 Å². The zero-order chi connectivity index (χ0) is 6.69. The van der Waals surface area contributed by atoms with E-state index in [0.29, 0.717) is 0 Å². The second-order valence-corrected chi connectivity index (χ2v) is 2.64. The van der Waals surface area contributed by atoms with Crippen molar-refractivity contribution in [3.63, 3.8) is 0 Å². The molecule has 0 aromatic heterocycles. The van der Waals surface area contributed by atoms with Crippen LogP contribution in [0.4, 0.5) is 0 Å². The van der Waals surface area contributed by atoms with Gasteiger partial charge in [-0.15, -0.1) is 5.73 Å². The van der Waals surface area contributed by atoms with E-state index in [-0.39, 0.29) is 0 Å². The highest BCUT2D eigenvalue weighted by atomic mass is 14.1. The van der Waals surface area contributed by atoms with Gasteiger partial charge in [0.2, 0.25) is 0 Å². The zero-order valence-corrected chi connectivity index (χ0v) is 6.28. The fourth-order valence-corrected chi connectivity index (χ4v) is 1.18. The summed E-state index contributed by atoms with van der Waals surface area (Å²) in [7, 11) is 0. The van der Waals surface area contributed by atoms with Crippen LogP contribution in [0.5, 0.6) is 0 Å². The van der Waals surface area contributed by atoms with Crippen molar-refractivity contribution >= 4 is 0 Å². The Labute approximate surface area is 57.3 Å². The van der Waals surface area contributed by atoms with Crippen LogP contribution in [0, 0.1) is 5.92 Å². The molecule has 0 radical (unpaired) electrons. The molecule has 0 bridgehead atoms. The molecule has 9 heavy (non-hydrogen) atoms. The lowest BCUT2D eigenvalue weighted by molar-refractivity contribution is 0.630. The maximum absolute atomic E-state index is 3.30. The van der Waals surface area contributed by atoms with Crippen LogP contribution in [0.3, 0.4) is 0 Å². The van der Waals surface area contributed by atoms with Crippen LogP contribution in [0.15, 0.2) is 17.4 Å². The van der Waals surface area contributed by atoms with Crippen molar-refractivity contribution < 1.29 is 0 Å². The summed E-state index contributed by atoms with van der Waals surface area (Å²) >= 11 is 0. The Hall–Kier alpha value is -0.480. The molecule has 0 N–H and O–H groups in total. The molecular weight excluding hydrogens is 108 g/mol. The number of hydrogen-bond acceptors (Lipinski definition) is 0. The molecule has 0 saturated heterocycles. The first kappa shape index (κ1) is 6.64. The Kier molecular flexibility index (Phi) is 2.13. The van der Waals surface area contributed by atoms with Crippen LogP contribution in [0.1, 0.15) is 33.1 Å². The van der Waals surface area contributed by atoms with Crippen LogP contribution in [0.2, 0.25) is 0 Å². The van der Waals surface area contributed by atoms with Gasteiger partial charge in [-0.2, -0.15) is 0 Å². The quantitative estimate of drug-likeness (QED) is 0.494. The molecular formula is C9H14. The van der Waals surface area contributed by atoms with Gasteiger partial charge in [-0.3, -0.25) is 0 Å². The van der Waals surface area contributed by atoms with Gasteiger partial charge in [0.25, 0.3) is 0 Å². The van der Waals surface area contributed by atoms with Gasteiger partial charge in [0, 0.05) is 0 Å². The molecule has 0 heteroatoms. The molecule has 0 amide bonds. The van der Waals surface area contributed by atoms with E-state index in [2.05, 4.69) is 25.7 Å². The standard InChI is InChI=1S/C9H14/c1-3-8-5-6-9(4-2)7-8/h5,8H,3-4,7H2,1-2H3. The Bertz CT molecular complexity index is 147. The number of hydrogen-bond donors (Lipinski definition) is 0. The third kappa shape index (κ3) is 1.46. The molecule has 1 unspecified atom stereocenters. The van der Waals surface area contributed by atoms with E-state index in [4.69, 9.17) is 0 Å². The van der Waals surface area contributed by atoms with E-state index in [1.807, 2.05) is 0 Å². The van der Waals surface area contributed by atoms with Crippen molar-refractivity contribution in [2.24, 2.45) is 5.92 Å². The Balaban J connectivity index is 2.43. The molecule has 1 aliphatic carbocycles. The SMILES string of the molecule is CCC1=C=CC(CC)C1. The van der Waals surface area contributed by atoms with Gasteiger partial charge in [-0.05, 0) is 36.8 Å². The van der Waals surface area contributed by atoms with Crippen LogP contribution < -0.4 is 0 Å². The number of allylic oxidation sites excluding steroid dienone is 1. The third-order valence-electron chi connectivity index (χ3n) is 1.98. The van der Waals surface area contributed by atoms with Crippen molar-refractivity contribution in [2.75, 3.05) is 0 Å². The first-order chi connectivity index (χ1) is 4.36. The largest absolute Gasteiger partial charge is 0.126 e. The van der Waals surface area contributed by atoms with Crippen molar-refractivity contribution in [1.82, 2.24) is 0 Å². The predicted octanol–water partition coefficient (Wildman–Crippen LogP) is 2.91. The molecule has 0 heterocycles. The highest BCUT2D eigenvalue weighted by molar-refractivity contribution is 5.11. The Morgan fingerprint density at radius 3 is 2.78 bits per heavy atom. The van der Waals surface area contributed by atoms with E-state index in [0.717, 1.165) is 5.92 Å². The monoisotopic (exact) mass is 122 g/mol. The van der Waals surface area contributed by atoms with Crippen molar-refractivity contribution in [3.05, 3.63) is 17.4 Å². The van der Waals surface area contributed by atoms with E-state index < -0.39 is 0 Å². The summed E-state index contributed by atoms with van der Waals surface area (Å²) in [6.07, 6.45) is 5.95. The van der Waals surface area contributed by atoms with Gasteiger partial charge in [0.15, 0.2) is 0 Å². The summed E-state index contributed by atoms with van der Waals surface area (Å²) in [6.45, 7) is 4.44. The first-order valence-corrected chi connectivity index (χ1v) is 3.81. The van der Waals surface area contributed by atoms with Crippen molar-refractivity contribution in [3.8, 4) is 0 Å². The van der Waals surface area contributed by atoms with Gasteiger partial charge in [-0.1, -0.05) is 13.8 Å². The van der Waals surface area contributed by atoms with Gasteiger partial charge in [-0.25, -0.2) is 0 Å². The second kappa shape index (κ2) is 2.89. The molecule has 0 aliphatic heterocycles. The average Bonchev–Trinajstić information content (AvgIpc) is 2.34.